The summed E-state index contributed by atoms with van der Waals surface area (Å²) in [5.74, 6) is -3.44. The van der Waals surface area contributed by atoms with Crippen LogP contribution in [0.1, 0.15) is 24.2 Å². The minimum atomic E-state index is -4.13. The molecule has 0 atom stereocenters. The van der Waals surface area contributed by atoms with E-state index >= 15 is 0 Å². The van der Waals surface area contributed by atoms with Crippen molar-refractivity contribution in [2.24, 2.45) is 0 Å². The first-order valence-corrected chi connectivity index (χ1v) is 10.4. The van der Waals surface area contributed by atoms with Crippen LogP contribution >= 0.6 is 0 Å². The van der Waals surface area contributed by atoms with E-state index in [4.69, 9.17) is 4.74 Å². The Morgan fingerprint density at radius 2 is 1.67 bits per heavy atom. The number of para-hydroxylation sites is 1. The first-order chi connectivity index (χ1) is 14.2. The standard InChI is InChI=1S/C19H21F2N3O5S/c1-3-24(4-2)30(27,28)17-11-13(9-10-15(17)21)19(26)23-22-18(25)12-29-16-8-6-5-7-14(16)20/h5-11H,3-4,12H2,1-2H3,(H,22,25)(H,23,26). The third-order valence-electron chi connectivity index (χ3n) is 4.03. The van der Waals surface area contributed by atoms with Gasteiger partial charge in [0.25, 0.3) is 11.8 Å². The summed E-state index contributed by atoms with van der Waals surface area (Å²) in [6.45, 7) is 2.90. The lowest BCUT2D eigenvalue weighted by Crippen LogP contribution is -2.44. The van der Waals surface area contributed by atoms with Crippen LogP contribution in [0.4, 0.5) is 8.78 Å². The molecule has 0 saturated heterocycles. The molecule has 0 aliphatic heterocycles. The van der Waals surface area contributed by atoms with Crippen LogP contribution in [0.15, 0.2) is 47.4 Å². The van der Waals surface area contributed by atoms with Crippen LogP contribution in [-0.2, 0) is 14.8 Å². The zero-order valence-electron chi connectivity index (χ0n) is 16.3. The Labute approximate surface area is 172 Å². The Kier molecular flexibility index (Phi) is 7.84. The van der Waals surface area contributed by atoms with Crippen molar-refractivity contribution < 1.29 is 31.5 Å². The molecule has 0 fully saturated rings. The van der Waals surface area contributed by atoms with Gasteiger partial charge in [0.2, 0.25) is 10.0 Å². The van der Waals surface area contributed by atoms with E-state index < -0.39 is 45.0 Å². The number of benzene rings is 2. The third kappa shape index (κ3) is 5.51. The van der Waals surface area contributed by atoms with Gasteiger partial charge in [0.15, 0.2) is 18.2 Å². The number of halogens is 2. The van der Waals surface area contributed by atoms with Crippen LogP contribution in [0.2, 0.25) is 0 Å². The second-order valence-corrected chi connectivity index (χ2v) is 7.86. The molecule has 2 amide bonds. The first kappa shape index (κ1) is 23.2. The van der Waals surface area contributed by atoms with Gasteiger partial charge in [0.05, 0.1) is 0 Å². The number of carbonyl (C=O) groups is 2. The Morgan fingerprint density at radius 1 is 1.00 bits per heavy atom. The molecule has 2 aromatic rings. The largest absolute Gasteiger partial charge is 0.481 e. The highest BCUT2D eigenvalue weighted by Gasteiger charge is 2.26. The van der Waals surface area contributed by atoms with E-state index in [-0.39, 0.29) is 24.4 Å². The summed E-state index contributed by atoms with van der Waals surface area (Å²) < 4.78 is 58.7. The molecule has 30 heavy (non-hydrogen) atoms. The van der Waals surface area contributed by atoms with E-state index in [0.29, 0.717) is 0 Å². The van der Waals surface area contributed by atoms with Crippen molar-refractivity contribution in [3.63, 3.8) is 0 Å². The van der Waals surface area contributed by atoms with Crippen LogP contribution in [0.3, 0.4) is 0 Å². The summed E-state index contributed by atoms with van der Waals surface area (Å²) in [6.07, 6.45) is 0. The number of amides is 2. The second-order valence-electron chi connectivity index (χ2n) is 5.96. The molecule has 0 aromatic heterocycles. The van der Waals surface area contributed by atoms with Crippen LogP contribution in [0.5, 0.6) is 5.75 Å². The van der Waals surface area contributed by atoms with E-state index in [2.05, 4.69) is 5.43 Å². The minimum absolute atomic E-state index is 0.132. The van der Waals surface area contributed by atoms with Crippen molar-refractivity contribution in [3.05, 3.63) is 59.7 Å². The quantitative estimate of drug-likeness (QED) is 0.609. The normalized spacial score (nSPS) is 11.2. The summed E-state index contributed by atoms with van der Waals surface area (Å²) in [5, 5.41) is 0. The van der Waals surface area contributed by atoms with Gasteiger partial charge in [-0.25, -0.2) is 17.2 Å². The topological polar surface area (TPSA) is 105 Å². The highest BCUT2D eigenvalue weighted by Crippen LogP contribution is 2.21. The molecule has 0 aliphatic rings. The van der Waals surface area contributed by atoms with Crippen molar-refractivity contribution in [2.45, 2.75) is 18.7 Å². The van der Waals surface area contributed by atoms with Crippen molar-refractivity contribution in [2.75, 3.05) is 19.7 Å². The summed E-state index contributed by atoms with van der Waals surface area (Å²) in [5.41, 5.74) is 3.93. The Balaban J connectivity index is 2.03. The average molecular weight is 441 g/mol. The molecule has 8 nitrogen and oxygen atoms in total. The third-order valence-corrected chi connectivity index (χ3v) is 6.09. The summed E-state index contributed by atoms with van der Waals surface area (Å²) in [6, 6.07) is 8.30. The van der Waals surface area contributed by atoms with Gasteiger partial charge in [-0.1, -0.05) is 26.0 Å². The van der Waals surface area contributed by atoms with Gasteiger partial charge in [-0.05, 0) is 30.3 Å². The maximum atomic E-state index is 14.1. The smallest absolute Gasteiger partial charge is 0.276 e. The van der Waals surface area contributed by atoms with Crippen LogP contribution < -0.4 is 15.6 Å². The fourth-order valence-electron chi connectivity index (χ4n) is 2.48. The molecule has 2 N–H and O–H groups in total. The molecule has 0 spiro atoms. The fourth-order valence-corrected chi connectivity index (χ4v) is 4.03. The second kappa shape index (κ2) is 10.1. The summed E-state index contributed by atoms with van der Waals surface area (Å²) >= 11 is 0. The lowest BCUT2D eigenvalue weighted by atomic mass is 10.2. The number of sulfonamides is 1. The fraction of sp³-hybridized carbons (Fsp3) is 0.263. The maximum Gasteiger partial charge on any atom is 0.276 e. The summed E-state index contributed by atoms with van der Waals surface area (Å²) in [4.78, 5) is 23.3. The number of rotatable bonds is 8. The molecule has 0 heterocycles. The molecular formula is C19H21F2N3O5S. The monoisotopic (exact) mass is 441 g/mol. The predicted octanol–water partition coefficient (Wildman–Crippen LogP) is 1.84. The summed E-state index contributed by atoms with van der Waals surface area (Å²) in [7, 11) is -4.13. The van der Waals surface area contributed by atoms with Gasteiger partial charge >= 0.3 is 0 Å². The SMILES string of the molecule is CCN(CC)S(=O)(=O)c1cc(C(=O)NNC(=O)COc2ccccc2F)ccc1F. The van der Waals surface area contributed by atoms with E-state index in [1.54, 1.807) is 13.8 Å². The molecule has 2 rings (SSSR count). The number of hydrogen-bond acceptors (Lipinski definition) is 5. The molecule has 0 unspecified atom stereocenters. The number of ether oxygens (including phenoxy) is 1. The predicted molar refractivity (Wildman–Crippen MR) is 104 cm³/mol. The van der Waals surface area contributed by atoms with Gasteiger partial charge < -0.3 is 4.74 Å². The molecule has 2 aromatic carbocycles. The number of hydrogen-bond donors (Lipinski definition) is 2. The highest BCUT2D eigenvalue weighted by atomic mass is 32.2. The Hall–Kier alpha value is -3.05. The lowest BCUT2D eigenvalue weighted by molar-refractivity contribution is -0.123. The molecule has 162 valence electrons. The first-order valence-electron chi connectivity index (χ1n) is 8.96. The van der Waals surface area contributed by atoms with Crippen molar-refractivity contribution in [3.8, 4) is 5.75 Å². The van der Waals surface area contributed by atoms with E-state index in [1.807, 2.05) is 5.43 Å². The Bertz CT molecular complexity index is 1030. The molecular weight excluding hydrogens is 420 g/mol. The van der Waals surface area contributed by atoms with Gasteiger partial charge in [0, 0.05) is 18.7 Å². The zero-order chi connectivity index (χ0) is 22.3. The van der Waals surface area contributed by atoms with E-state index in [9.17, 15) is 26.8 Å². The average Bonchev–Trinajstić information content (AvgIpc) is 2.72. The molecule has 0 bridgehead atoms. The molecule has 0 aliphatic carbocycles. The highest BCUT2D eigenvalue weighted by molar-refractivity contribution is 7.89. The van der Waals surface area contributed by atoms with Crippen molar-refractivity contribution in [1.29, 1.82) is 0 Å². The van der Waals surface area contributed by atoms with Crippen LogP contribution in [0.25, 0.3) is 0 Å². The van der Waals surface area contributed by atoms with Crippen LogP contribution in [0, 0.1) is 11.6 Å². The van der Waals surface area contributed by atoms with Gasteiger partial charge in [0.1, 0.15) is 10.7 Å². The minimum Gasteiger partial charge on any atom is -0.481 e. The van der Waals surface area contributed by atoms with Crippen molar-refractivity contribution in [1.82, 2.24) is 15.2 Å². The number of nitrogens with one attached hydrogen (secondary N) is 2. The lowest BCUT2D eigenvalue weighted by Gasteiger charge is -2.19. The van der Waals surface area contributed by atoms with Gasteiger partial charge in [-0.3, -0.25) is 20.4 Å². The van der Waals surface area contributed by atoms with E-state index in [1.165, 1.54) is 18.2 Å². The van der Waals surface area contributed by atoms with Crippen LogP contribution in [-0.4, -0.2) is 44.2 Å². The van der Waals surface area contributed by atoms with Gasteiger partial charge in [-0.2, -0.15) is 4.31 Å². The molecule has 0 saturated carbocycles. The number of hydrazine groups is 1. The van der Waals surface area contributed by atoms with Gasteiger partial charge in [-0.15, -0.1) is 0 Å². The van der Waals surface area contributed by atoms with Crippen molar-refractivity contribution >= 4 is 21.8 Å². The maximum absolute atomic E-state index is 14.1. The zero-order valence-corrected chi connectivity index (χ0v) is 17.1. The van der Waals surface area contributed by atoms with E-state index in [0.717, 1.165) is 28.6 Å². The molecule has 11 heteroatoms. The Morgan fingerprint density at radius 3 is 2.30 bits per heavy atom. The number of nitrogens with zero attached hydrogens (tertiary/aromatic N) is 1. The number of carbonyl (C=O) groups excluding carboxylic acids is 2. The molecule has 0 radical (unpaired) electrons.